The Hall–Kier alpha value is -3.35. The summed E-state index contributed by atoms with van der Waals surface area (Å²) in [6.07, 6.45) is 7.33. The number of carbonyl (C=O) groups is 1. The number of benzene rings is 1. The number of aromatic nitrogens is 3. The predicted molar refractivity (Wildman–Crippen MR) is 108 cm³/mol. The van der Waals surface area contributed by atoms with E-state index in [1.807, 2.05) is 0 Å². The fourth-order valence-corrected chi connectivity index (χ4v) is 3.75. The van der Waals surface area contributed by atoms with Gasteiger partial charge in [0.1, 0.15) is 12.0 Å². The number of halogens is 1. The summed E-state index contributed by atoms with van der Waals surface area (Å²) in [7, 11) is 0. The van der Waals surface area contributed by atoms with Crippen molar-refractivity contribution in [3.05, 3.63) is 71.0 Å². The molecule has 2 heterocycles. The fourth-order valence-electron chi connectivity index (χ4n) is 3.75. The lowest BCUT2D eigenvalue weighted by molar-refractivity contribution is -0.111. The summed E-state index contributed by atoms with van der Waals surface area (Å²) in [6.45, 7) is 0. The molecule has 29 heavy (non-hydrogen) atoms. The first-order valence-corrected chi connectivity index (χ1v) is 9.67. The van der Waals surface area contributed by atoms with Crippen LogP contribution in [0.3, 0.4) is 0 Å². The molecule has 1 saturated carbocycles. The topological polar surface area (TPSA) is 76.9 Å². The lowest BCUT2D eigenvalue weighted by Crippen LogP contribution is -2.28. The average Bonchev–Trinajstić information content (AvgIpc) is 2.75. The quantitative estimate of drug-likeness (QED) is 0.672. The van der Waals surface area contributed by atoms with Gasteiger partial charge < -0.3 is 10.1 Å². The number of pyridine rings is 1. The first-order chi connectivity index (χ1) is 14.1. The Balaban J connectivity index is 1.63. The maximum absolute atomic E-state index is 14.5. The molecule has 2 aromatic heterocycles. The van der Waals surface area contributed by atoms with Crippen LogP contribution in [0.15, 0.2) is 59.7 Å². The summed E-state index contributed by atoms with van der Waals surface area (Å²) >= 11 is 0. The molecule has 3 aromatic rings. The second-order valence-corrected chi connectivity index (χ2v) is 7.25. The van der Waals surface area contributed by atoms with Crippen molar-refractivity contribution >= 4 is 12.2 Å². The van der Waals surface area contributed by atoms with Gasteiger partial charge in [-0.2, -0.15) is 0 Å². The third-order valence-corrected chi connectivity index (χ3v) is 5.20. The molecule has 148 valence electrons. The van der Waals surface area contributed by atoms with Crippen molar-refractivity contribution in [2.24, 2.45) is 5.92 Å². The van der Waals surface area contributed by atoms with Gasteiger partial charge in [-0.3, -0.25) is 9.36 Å². The fraction of sp³-hybridized carbons (Fsp3) is 0.273. The average molecular weight is 392 g/mol. The summed E-state index contributed by atoms with van der Waals surface area (Å²) in [4.78, 5) is 31.6. The molecule has 6 nitrogen and oxygen atoms in total. The minimum atomic E-state index is -0.539. The van der Waals surface area contributed by atoms with Gasteiger partial charge in [-0.25, -0.2) is 14.4 Å². The van der Waals surface area contributed by atoms with Crippen LogP contribution in [0.1, 0.15) is 25.7 Å². The molecular weight excluding hydrogens is 371 g/mol. The minimum Gasteiger partial charge on any atom is -0.351 e. The van der Waals surface area contributed by atoms with Gasteiger partial charge in [0.05, 0.1) is 6.20 Å². The lowest BCUT2D eigenvalue weighted by Gasteiger charge is -2.26. The largest absolute Gasteiger partial charge is 0.351 e. The minimum absolute atomic E-state index is 0.0436. The van der Waals surface area contributed by atoms with Crippen molar-refractivity contribution in [3.8, 4) is 16.9 Å². The van der Waals surface area contributed by atoms with E-state index in [0.717, 1.165) is 38.2 Å². The molecule has 1 aliphatic carbocycles. The number of anilines is 1. The van der Waals surface area contributed by atoms with Crippen LogP contribution in [0.25, 0.3) is 16.9 Å². The van der Waals surface area contributed by atoms with E-state index in [-0.39, 0.29) is 23.2 Å². The number of carbonyl (C=O) groups excluding carboxylic acids is 1. The van der Waals surface area contributed by atoms with E-state index in [0.29, 0.717) is 17.2 Å². The Bertz CT molecular complexity index is 1080. The van der Waals surface area contributed by atoms with Gasteiger partial charge in [-0.1, -0.05) is 24.6 Å². The lowest BCUT2D eigenvalue weighted by atomic mass is 9.87. The number of nitrogens with zero attached hydrogens (tertiary/aromatic N) is 3. The summed E-state index contributed by atoms with van der Waals surface area (Å²) in [5.74, 6) is -0.162. The molecule has 1 N–H and O–H groups in total. The van der Waals surface area contributed by atoms with E-state index >= 15 is 0 Å². The molecule has 2 atom stereocenters. The van der Waals surface area contributed by atoms with Crippen LogP contribution in [0.4, 0.5) is 10.3 Å². The number of nitrogens with one attached hydrogen (secondary N) is 1. The summed E-state index contributed by atoms with van der Waals surface area (Å²) in [5, 5.41) is 3.23. The van der Waals surface area contributed by atoms with Gasteiger partial charge >= 0.3 is 0 Å². The normalized spacial score (nSPS) is 18.9. The van der Waals surface area contributed by atoms with Crippen molar-refractivity contribution in [1.29, 1.82) is 0 Å². The summed E-state index contributed by atoms with van der Waals surface area (Å²) < 4.78 is 16.0. The monoisotopic (exact) mass is 392 g/mol. The third kappa shape index (κ3) is 4.23. The smallest absolute Gasteiger partial charge is 0.255 e. The Morgan fingerprint density at radius 3 is 2.90 bits per heavy atom. The molecule has 1 aliphatic rings. The van der Waals surface area contributed by atoms with Crippen molar-refractivity contribution in [2.75, 3.05) is 5.32 Å². The van der Waals surface area contributed by atoms with Gasteiger partial charge in [0, 0.05) is 35.5 Å². The van der Waals surface area contributed by atoms with Gasteiger partial charge in [0.2, 0.25) is 5.95 Å². The highest BCUT2D eigenvalue weighted by molar-refractivity contribution is 5.64. The number of hydrogen-bond acceptors (Lipinski definition) is 5. The summed E-state index contributed by atoms with van der Waals surface area (Å²) in [6, 6.07) is 12.0. The number of aldehydes is 1. The van der Waals surface area contributed by atoms with Crippen molar-refractivity contribution < 1.29 is 9.18 Å². The zero-order valence-corrected chi connectivity index (χ0v) is 15.8. The van der Waals surface area contributed by atoms with Crippen LogP contribution >= 0.6 is 0 Å². The number of rotatable bonds is 5. The standard InChI is InChI=1S/C22H21FN4O2/c23-19-13-24-22(25-17-7-3-5-15(11-17)14-28)26-21(19)16-6-4-8-18(12-16)27-10-2-1-9-20(27)29/h1-2,4,6,8-10,12-15,17H,3,5,7,11H2,(H,24,25,26). The third-order valence-electron chi connectivity index (χ3n) is 5.20. The molecule has 4 rings (SSSR count). The van der Waals surface area contributed by atoms with Crippen LogP contribution in [-0.4, -0.2) is 26.9 Å². The molecule has 0 radical (unpaired) electrons. The molecular formula is C22H21FN4O2. The molecule has 0 amide bonds. The Morgan fingerprint density at radius 2 is 2.07 bits per heavy atom. The van der Waals surface area contributed by atoms with E-state index in [1.54, 1.807) is 42.6 Å². The first kappa shape index (κ1) is 19.0. The predicted octanol–water partition coefficient (Wildman–Crippen LogP) is 3.60. The van der Waals surface area contributed by atoms with Crippen molar-refractivity contribution in [2.45, 2.75) is 31.7 Å². The van der Waals surface area contributed by atoms with Crippen LogP contribution in [0.5, 0.6) is 0 Å². The van der Waals surface area contributed by atoms with Gasteiger partial charge in [-0.05, 0) is 37.5 Å². The molecule has 2 unspecified atom stereocenters. The van der Waals surface area contributed by atoms with Crippen molar-refractivity contribution in [3.63, 3.8) is 0 Å². The molecule has 0 spiro atoms. The summed E-state index contributed by atoms with van der Waals surface area (Å²) in [5.41, 5.74) is 1.17. The molecule has 0 saturated heterocycles. The van der Waals surface area contributed by atoms with E-state index in [2.05, 4.69) is 15.3 Å². The van der Waals surface area contributed by atoms with Gasteiger partial charge in [-0.15, -0.1) is 0 Å². The highest BCUT2D eigenvalue weighted by Crippen LogP contribution is 2.27. The van der Waals surface area contributed by atoms with E-state index < -0.39 is 5.82 Å². The van der Waals surface area contributed by atoms with E-state index in [4.69, 9.17) is 0 Å². The molecule has 7 heteroatoms. The second kappa shape index (κ2) is 8.34. The number of hydrogen-bond donors (Lipinski definition) is 1. The van der Waals surface area contributed by atoms with Crippen LogP contribution in [0.2, 0.25) is 0 Å². The van der Waals surface area contributed by atoms with Crippen LogP contribution in [0, 0.1) is 11.7 Å². The zero-order valence-electron chi connectivity index (χ0n) is 15.8. The van der Waals surface area contributed by atoms with Crippen LogP contribution < -0.4 is 10.9 Å². The molecule has 1 fully saturated rings. The highest BCUT2D eigenvalue weighted by atomic mass is 19.1. The highest BCUT2D eigenvalue weighted by Gasteiger charge is 2.22. The van der Waals surface area contributed by atoms with Gasteiger partial charge in [0.25, 0.3) is 5.56 Å². The van der Waals surface area contributed by atoms with Gasteiger partial charge in [0.15, 0.2) is 5.82 Å². The van der Waals surface area contributed by atoms with E-state index in [1.165, 1.54) is 10.6 Å². The Morgan fingerprint density at radius 1 is 1.17 bits per heavy atom. The van der Waals surface area contributed by atoms with Crippen LogP contribution in [-0.2, 0) is 4.79 Å². The first-order valence-electron chi connectivity index (χ1n) is 9.67. The molecule has 0 aliphatic heterocycles. The van der Waals surface area contributed by atoms with Crippen molar-refractivity contribution in [1.82, 2.24) is 14.5 Å². The molecule has 1 aromatic carbocycles. The zero-order chi connectivity index (χ0) is 20.2. The Kier molecular flexibility index (Phi) is 5.46. The maximum atomic E-state index is 14.5. The Labute approximate surface area is 167 Å². The maximum Gasteiger partial charge on any atom is 0.255 e. The van der Waals surface area contributed by atoms with E-state index in [9.17, 15) is 14.0 Å². The molecule has 0 bridgehead atoms. The second-order valence-electron chi connectivity index (χ2n) is 7.25. The SMILES string of the molecule is O=CC1CCCC(Nc2ncc(F)c(-c3cccc(-n4ccccc4=O)c3)n2)C1.